The van der Waals surface area contributed by atoms with Crippen molar-refractivity contribution in [3.05, 3.63) is 0 Å². The van der Waals surface area contributed by atoms with E-state index in [1.165, 1.54) is 38.5 Å². The molecule has 0 unspecified atom stereocenters. The van der Waals surface area contributed by atoms with Gasteiger partial charge in [-0.25, -0.2) is 0 Å². The standard InChI is InChI=1S/C19H37NO7/c1-2-3-4-5-6-7-8-9-10-11-12-20-18(26)19(27)16(24)14(22)13(21)15(23)17(19)25/h13-17,21-25,27H,2-12H2,1H3,(H,20,26)/t13-,14-,15-,16+,17-,19-/m0/s1. The minimum atomic E-state index is -2.78. The third kappa shape index (κ3) is 6.37. The first kappa shape index (κ1) is 24.3. The maximum Gasteiger partial charge on any atom is 0.257 e. The molecule has 0 aromatic heterocycles. The summed E-state index contributed by atoms with van der Waals surface area (Å²) >= 11 is 0. The van der Waals surface area contributed by atoms with Gasteiger partial charge in [0, 0.05) is 6.54 Å². The molecule has 0 saturated heterocycles. The first-order chi connectivity index (χ1) is 12.8. The zero-order valence-corrected chi connectivity index (χ0v) is 16.3. The van der Waals surface area contributed by atoms with Gasteiger partial charge in [0.25, 0.3) is 5.91 Å². The van der Waals surface area contributed by atoms with Crippen LogP contribution in [0.5, 0.6) is 0 Å². The topological polar surface area (TPSA) is 150 Å². The smallest absolute Gasteiger partial charge is 0.257 e. The Kier molecular flexibility index (Phi) is 10.7. The van der Waals surface area contributed by atoms with Gasteiger partial charge in [-0.3, -0.25) is 4.79 Å². The second-order valence-corrected chi connectivity index (χ2v) is 7.62. The zero-order valence-electron chi connectivity index (χ0n) is 16.3. The molecule has 0 aliphatic heterocycles. The summed E-state index contributed by atoms with van der Waals surface area (Å²) in [4.78, 5) is 12.2. The Morgan fingerprint density at radius 2 is 1.15 bits per heavy atom. The lowest BCUT2D eigenvalue weighted by molar-refractivity contribution is -0.260. The molecule has 1 fully saturated rings. The quantitative estimate of drug-likeness (QED) is 0.223. The van der Waals surface area contributed by atoms with Gasteiger partial charge < -0.3 is 36.0 Å². The molecule has 1 saturated carbocycles. The Labute approximate surface area is 161 Å². The van der Waals surface area contributed by atoms with Crippen LogP contribution < -0.4 is 5.32 Å². The van der Waals surface area contributed by atoms with Gasteiger partial charge in [-0.15, -0.1) is 0 Å². The van der Waals surface area contributed by atoms with Crippen LogP contribution in [0.25, 0.3) is 0 Å². The van der Waals surface area contributed by atoms with Crippen molar-refractivity contribution >= 4 is 5.91 Å². The minimum absolute atomic E-state index is 0.242. The van der Waals surface area contributed by atoms with Gasteiger partial charge in [0.2, 0.25) is 0 Å². The lowest BCUT2D eigenvalue weighted by atomic mass is 9.74. The fourth-order valence-electron chi connectivity index (χ4n) is 3.50. The molecule has 6 atom stereocenters. The minimum Gasteiger partial charge on any atom is -0.387 e. The van der Waals surface area contributed by atoms with Gasteiger partial charge in [0.1, 0.15) is 30.5 Å². The van der Waals surface area contributed by atoms with Crippen LogP contribution in [-0.2, 0) is 4.79 Å². The van der Waals surface area contributed by atoms with E-state index in [0.29, 0.717) is 6.42 Å². The molecule has 8 heteroatoms. The molecule has 0 aromatic carbocycles. The van der Waals surface area contributed by atoms with E-state index < -0.39 is 42.0 Å². The Hall–Kier alpha value is -0.770. The average Bonchev–Trinajstić information content (AvgIpc) is 2.67. The number of hydrogen-bond donors (Lipinski definition) is 7. The zero-order chi connectivity index (χ0) is 20.4. The maximum absolute atomic E-state index is 12.2. The van der Waals surface area contributed by atoms with E-state index in [-0.39, 0.29) is 6.54 Å². The van der Waals surface area contributed by atoms with E-state index >= 15 is 0 Å². The highest BCUT2D eigenvalue weighted by Crippen LogP contribution is 2.30. The van der Waals surface area contributed by atoms with Crippen molar-refractivity contribution in [1.29, 1.82) is 0 Å². The fraction of sp³-hybridized carbons (Fsp3) is 0.947. The van der Waals surface area contributed by atoms with Gasteiger partial charge in [0.15, 0.2) is 5.60 Å². The number of aliphatic hydroxyl groups excluding tert-OH is 5. The van der Waals surface area contributed by atoms with Crippen molar-refractivity contribution in [2.75, 3.05) is 6.54 Å². The van der Waals surface area contributed by atoms with Crippen molar-refractivity contribution < 1.29 is 35.4 Å². The van der Waals surface area contributed by atoms with E-state index in [1.807, 2.05) is 0 Å². The molecule has 0 bridgehead atoms. The number of aliphatic hydroxyl groups is 6. The normalized spacial score (nSPS) is 33.8. The van der Waals surface area contributed by atoms with Crippen LogP contribution in [0.4, 0.5) is 0 Å². The van der Waals surface area contributed by atoms with E-state index in [1.54, 1.807) is 0 Å². The van der Waals surface area contributed by atoms with Gasteiger partial charge in [0.05, 0.1) is 0 Å². The highest BCUT2D eigenvalue weighted by molar-refractivity contribution is 5.87. The Bertz CT molecular complexity index is 418. The molecule has 1 aliphatic rings. The summed E-state index contributed by atoms with van der Waals surface area (Å²) in [5, 5.41) is 61.4. The van der Waals surface area contributed by atoms with Crippen LogP contribution in [0.3, 0.4) is 0 Å². The molecule has 7 N–H and O–H groups in total. The van der Waals surface area contributed by atoms with E-state index in [9.17, 15) is 35.4 Å². The summed E-state index contributed by atoms with van der Waals surface area (Å²) in [6, 6.07) is 0. The summed E-state index contributed by atoms with van der Waals surface area (Å²) in [5.74, 6) is -1.08. The Balaban J connectivity index is 2.26. The van der Waals surface area contributed by atoms with Gasteiger partial charge in [-0.1, -0.05) is 64.7 Å². The molecule has 0 radical (unpaired) electrons. The van der Waals surface area contributed by atoms with Crippen LogP contribution in [0, 0.1) is 0 Å². The monoisotopic (exact) mass is 391 g/mol. The summed E-state index contributed by atoms with van der Waals surface area (Å²) in [6.45, 7) is 2.44. The third-order valence-corrected chi connectivity index (χ3v) is 5.43. The second kappa shape index (κ2) is 11.9. The van der Waals surface area contributed by atoms with Crippen LogP contribution in [0.1, 0.15) is 71.1 Å². The van der Waals surface area contributed by atoms with Gasteiger partial charge in [-0.2, -0.15) is 0 Å². The third-order valence-electron chi connectivity index (χ3n) is 5.43. The number of amides is 1. The lowest BCUT2D eigenvalue weighted by Gasteiger charge is -2.46. The van der Waals surface area contributed by atoms with E-state index in [4.69, 9.17) is 0 Å². The second-order valence-electron chi connectivity index (χ2n) is 7.62. The van der Waals surface area contributed by atoms with E-state index in [0.717, 1.165) is 19.3 Å². The summed E-state index contributed by atoms with van der Waals surface area (Å²) in [5.41, 5.74) is -2.78. The highest BCUT2D eigenvalue weighted by atomic mass is 16.4. The van der Waals surface area contributed by atoms with Crippen molar-refractivity contribution in [3.8, 4) is 0 Å². The molecule has 160 valence electrons. The summed E-state index contributed by atoms with van der Waals surface area (Å²) in [6.07, 6.45) is 1.34. The molecular formula is C19H37NO7. The molecule has 27 heavy (non-hydrogen) atoms. The molecule has 1 amide bonds. The maximum atomic E-state index is 12.2. The van der Waals surface area contributed by atoms with Crippen molar-refractivity contribution in [1.82, 2.24) is 5.32 Å². The molecule has 1 aliphatic carbocycles. The van der Waals surface area contributed by atoms with Crippen molar-refractivity contribution in [2.24, 2.45) is 0 Å². The highest BCUT2D eigenvalue weighted by Gasteiger charge is 2.61. The molecular weight excluding hydrogens is 354 g/mol. The molecule has 0 aromatic rings. The van der Waals surface area contributed by atoms with Crippen LogP contribution in [0.2, 0.25) is 0 Å². The van der Waals surface area contributed by atoms with Crippen molar-refractivity contribution in [3.63, 3.8) is 0 Å². The largest absolute Gasteiger partial charge is 0.387 e. The summed E-state index contributed by atoms with van der Waals surface area (Å²) < 4.78 is 0. The predicted octanol–water partition coefficient (Wildman–Crippen LogP) is -0.427. The molecule has 1 rings (SSSR count). The first-order valence-corrected chi connectivity index (χ1v) is 10.2. The van der Waals surface area contributed by atoms with Crippen LogP contribution >= 0.6 is 0 Å². The number of rotatable bonds is 12. The fourth-order valence-corrected chi connectivity index (χ4v) is 3.50. The molecule has 0 heterocycles. The number of unbranched alkanes of at least 4 members (excludes halogenated alkanes) is 9. The number of carbonyl (C=O) groups is 1. The Morgan fingerprint density at radius 1 is 0.741 bits per heavy atom. The number of nitrogens with one attached hydrogen (secondary N) is 1. The predicted molar refractivity (Wildman–Crippen MR) is 99.8 cm³/mol. The van der Waals surface area contributed by atoms with Crippen LogP contribution in [0.15, 0.2) is 0 Å². The van der Waals surface area contributed by atoms with Crippen molar-refractivity contribution in [2.45, 2.75) is 107 Å². The lowest BCUT2D eigenvalue weighted by Crippen LogP contribution is -2.75. The molecule has 0 spiro atoms. The van der Waals surface area contributed by atoms with E-state index in [2.05, 4.69) is 12.2 Å². The summed E-state index contributed by atoms with van der Waals surface area (Å²) in [7, 11) is 0. The van der Waals surface area contributed by atoms with Crippen LogP contribution in [-0.4, -0.2) is 79.2 Å². The Morgan fingerprint density at radius 3 is 1.59 bits per heavy atom. The van der Waals surface area contributed by atoms with Gasteiger partial charge in [-0.05, 0) is 6.42 Å². The number of carbonyl (C=O) groups excluding carboxylic acids is 1. The molecule has 8 nitrogen and oxygen atoms in total. The average molecular weight is 392 g/mol. The van der Waals surface area contributed by atoms with Gasteiger partial charge >= 0.3 is 0 Å². The first-order valence-electron chi connectivity index (χ1n) is 10.2. The SMILES string of the molecule is CCCCCCCCCCCCNC(=O)[C@]1(O)[C@H](O)[C@@H](O)[C@H](O)[C@H](O)[C@@H]1O. The number of hydrogen-bond acceptors (Lipinski definition) is 7.